The van der Waals surface area contributed by atoms with Crippen LogP contribution in [0.25, 0.3) is 17.1 Å². The third-order valence-corrected chi connectivity index (χ3v) is 5.59. The zero-order chi connectivity index (χ0) is 20.6. The Morgan fingerprint density at radius 3 is 2.66 bits per heavy atom. The number of nitrogens with zero attached hydrogens (tertiary/aromatic N) is 5. The van der Waals surface area contributed by atoms with Gasteiger partial charge in [0.2, 0.25) is 0 Å². The summed E-state index contributed by atoms with van der Waals surface area (Å²) in [5.74, 6) is 1.69. The average Bonchev–Trinajstić information content (AvgIpc) is 3.18. The summed E-state index contributed by atoms with van der Waals surface area (Å²) in [6, 6.07) is 19.4. The first-order valence-electron chi connectivity index (χ1n) is 8.91. The molecule has 1 heterocycles. The van der Waals surface area contributed by atoms with Gasteiger partial charge in [0.15, 0.2) is 11.0 Å². The summed E-state index contributed by atoms with van der Waals surface area (Å²) in [5, 5.41) is 28.2. The molecule has 1 unspecified atom stereocenters. The van der Waals surface area contributed by atoms with E-state index in [9.17, 15) is 5.26 Å². The van der Waals surface area contributed by atoms with E-state index in [-0.39, 0.29) is 5.92 Å². The van der Waals surface area contributed by atoms with Crippen LogP contribution in [0.5, 0.6) is 5.75 Å². The van der Waals surface area contributed by atoms with Crippen molar-refractivity contribution < 1.29 is 4.74 Å². The first kappa shape index (κ1) is 20.7. The molecular weight excluding hydrogens is 406 g/mol. The SMILES string of the molecule is COc1cccc(-c2nnc(SCC(C#N)CCC#N)n2-c2ccc(Cl)cc2)c1. The van der Waals surface area contributed by atoms with Crippen molar-refractivity contribution in [2.24, 2.45) is 5.92 Å². The third kappa shape index (κ3) is 5.08. The Morgan fingerprint density at radius 1 is 1.17 bits per heavy atom. The number of halogens is 1. The van der Waals surface area contributed by atoms with E-state index in [1.54, 1.807) is 7.11 Å². The van der Waals surface area contributed by atoms with Crippen LogP contribution in [0.1, 0.15) is 12.8 Å². The maximum atomic E-state index is 9.34. The number of aromatic nitrogens is 3. The molecule has 0 radical (unpaired) electrons. The van der Waals surface area contributed by atoms with Gasteiger partial charge in [0, 0.05) is 28.4 Å². The minimum absolute atomic E-state index is 0.227. The molecule has 0 aliphatic carbocycles. The van der Waals surface area contributed by atoms with Gasteiger partial charge in [0.25, 0.3) is 0 Å². The second-order valence-electron chi connectivity index (χ2n) is 6.18. The van der Waals surface area contributed by atoms with E-state index in [0.29, 0.717) is 34.6 Å². The Bertz CT molecular complexity index is 1050. The van der Waals surface area contributed by atoms with Gasteiger partial charge in [-0.15, -0.1) is 10.2 Å². The summed E-state index contributed by atoms with van der Waals surface area (Å²) in [5.41, 5.74) is 1.73. The van der Waals surface area contributed by atoms with Gasteiger partial charge in [-0.25, -0.2) is 0 Å². The van der Waals surface area contributed by atoms with Crippen molar-refractivity contribution in [2.75, 3.05) is 12.9 Å². The van der Waals surface area contributed by atoms with Crippen LogP contribution in [0.15, 0.2) is 53.7 Å². The number of rotatable bonds is 8. The minimum Gasteiger partial charge on any atom is -0.497 e. The van der Waals surface area contributed by atoms with Crippen molar-refractivity contribution in [2.45, 2.75) is 18.0 Å². The molecule has 0 aliphatic rings. The summed E-state index contributed by atoms with van der Waals surface area (Å²) in [6.07, 6.45) is 0.898. The first-order chi connectivity index (χ1) is 14.2. The van der Waals surface area contributed by atoms with E-state index in [2.05, 4.69) is 22.3 Å². The molecule has 1 atom stereocenters. The minimum atomic E-state index is -0.227. The van der Waals surface area contributed by atoms with Gasteiger partial charge in [-0.2, -0.15) is 10.5 Å². The highest BCUT2D eigenvalue weighted by Gasteiger charge is 2.18. The lowest BCUT2D eigenvalue weighted by Gasteiger charge is -2.12. The number of nitriles is 2. The predicted octanol–water partition coefficient (Wildman–Crippen LogP) is 5.13. The van der Waals surface area contributed by atoms with Gasteiger partial charge in [0.05, 0.1) is 25.2 Å². The van der Waals surface area contributed by atoms with Crippen LogP contribution in [0.2, 0.25) is 5.02 Å². The van der Waals surface area contributed by atoms with Gasteiger partial charge in [-0.3, -0.25) is 4.57 Å². The number of ether oxygens (including phenoxy) is 1. The average molecular weight is 424 g/mol. The van der Waals surface area contributed by atoms with E-state index in [1.807, 2.05) is 53.1 Å². The van der Waals surface area contributed by atoms with Crippen LogP contribution >= 0.6 is 23.4 Å². The third-order valence-electron chi connectivity index (χ3n) is 4.25. The van der Waals surface area contributed by atoms with Gasteiger partial charge in [0.1, 0.15) is 5.75 Å². The van der Waals surface area contributed by atoms with E-state index >= 15 is 0 Å². The summed E-state index contributed by atoms with van der Waals surface area (Å²) in [6.45, 7) is 0. The second-order valence-corrected chi connectivity index (χ2v) is 7.61. The summed E-state index contributed by atoms with van der Waals surface area (Å²) < 4.78 is 7.27. The van der Waals surface area contributed by atoms with Crippen LogP contribution in [-0.2, 0) is 0 Å². The molecule has 0 N–H and O–H groups in total. The number of benzene rings is 2. The zero-order valence-corrected chi connectivity index (χ0v) is 17.3. The molecule has 146 valence electrons. The highest BCUT2D eigenvalue weighted by atomic mass is 35.5. The van der Waals surface area contributed by atoms with E-state index < -0.39 is 0 Å². The normalized spacial score (nSPS) is 11.4. The number of hydrogen-bond acceptors (Lipinski definition) is 6. The molecule has 3 rings (SSSR count). The van der Waals surface area contributed by atoms with E-state index in [4.69, 9.17) is 21.6 Å². The lowest BCUT2D eigenvalue weighted by atomic mass is 10.1. The smallest absolute Gasteiger partial charge is 0.196 e. The fourth-order valence-electron chi connectivity index (χ4n) is 2.73. The Hall–Kier alpha value is -3.00. The Balaban J connectivity index is 1.98. The molecule has 1 aromatic heterocycles. The highest BCUT2D eigenvalue weighted by Crippen LogP contribution is 2.31. The lowest BCUT2D eigenvalue weighted by molar-refractivity contribution is 0.415. The Labute approximate surface area is 178 Å². The molecular formula is C21H18ClN5OS. The maximum absolute atomic E-state index is 9.34. The summed E-state index contributed by atoms with van der Waals surface area (Å²) in [4.78, 5) is 0. The first-order valence-corrected chi connectivity index (χ1v) is 10.3. The Morgan fingerprint density at radius 2 is 1.97 bits per heavy atom. The van der Waals surface area contributed by atoms with Gasteiger partial charge >= 0.3 is 0 Å². The van der Waals surface area contributed by atoms with Crippen molar-refractivity contribution >= 4 is 23.4 Å². The topological polar surface area (TPSA) is 87.5 Å². The molecule has 0 bridgehead atoms. The van der Waals surface area contributed by atoms with Crippen LogP contribution in [0.3, 0.4) is 0 Å². The van der Waals surface area contributed by atoms with Gasteiger partial charge in [-0.05, 0) is 42.8 Å². The van der Waals surface area contributed by atoms with Crippen molar-refractivity contribution in [3.05, 3.63) is 53.6 Å². The summed E-state index contributed by atoms with van der Waals surface area (Å²) >= 11 is 7.50. The maximum Gasteiger partial charge on any atom is 0.196 e. The highest BCUT2D eigenvalue weighted by molar-refractivity contribution is 7.99. The molecule has 0 fully saturated rings. The quantitative estimate of drug-likeness (QED) is 0.466. The largest absolute Gasteiger partial charge is 0.497 e. The molecule has 0 aliphatic heterocycles. The molecule has 0 saturated carbocycles. The van der Waals surface area contributed by atoms with Crippen LogP contribution in [-0.4, -0.2) is 27.6 Å². The zero-order valence-electron chi connectivity index (χ0n) is 15.7. The molecule has 8 heteroatoms. The molecule has 3 aromatic rings. The molecule has 0 spiro atoms. The summed E-state index contributed by atoms with van der Waals surface area (Å²) in [7, 11) is 1.62. The fraction of sp³-hybridized carbons (Fsp3) is 0.238. The number of thioether (sulfide) groups is 1. The molecule has 2 aromatic carbocycles. The standard InChI is InChI=1S/C21H18ClN5OS/c1-28-19-6-2-5-16(12-19)20-25-26-21(29-14-15(13-24)4-3-11-23)27(20)18-9-7-17(22)8-10-18/h2,5-10,12,15H,3-4,14H2,1H3. The molecule has 0 amide bonds. The number of hydrogen-bond donors (Lipinski definition) is 0. The van der Waals surface area contributed by atoms with Crippen molar-refractivity contribution in [1.82, 2.24) is 14.8 Å². The van der Waals surface area contributed by atoms with Crippen LogP contribution < -0.4 is 4.74 Å². The lowest BCUT2D eigenvalue weighted by Crippen LogP contribution is -2.04. The molecule has 6 nitrogen and oxygen atoms in total. The molecule has 29 heavy (non-hydrogen) atoms. The van der Waals surface area contributed by atoms with Crippen molar-refractivity contribution in [1.29, 1.82) is 10.5 Å². The van der Waals surface area contributed by atoms with Crippen molar-refractivity contribution in [3.63, 3.8) is 0 Å². The van der Waals surface area contributed by atoms with E-state index in [0.717, 1.165) is 17.0 Å². The van der Waals surface area contributed by atoms with Crippen molar-refractivity contribution in [3.8, 4) is 35.0 Å². The predicted molar refractivity (Wildman–Crippen MR) is 113 cm³/mol. The second kappa shape index (κ2) is 9.97. The molecule has 0 saturated heterocycles. The van der Waals surface area contributed by atoms with E-state index in [1.165, 1.54) is 11.8 Å². The monoisotopic (exact) mass is 423 g/mol. The fourth-order valence-corrected chi connectivity index (χ4v) is 3.87. The number of methoxy groups -OCH3 is 1. The van der Waals surface area contributed by atoms with Crippen LogP contribution in [0, 0.1) is 28.6 Å². The van der Waals surface area contributed by atoms with Crippen LogP contribution in [0.4, 0.5) is 0 Å². The van der Waals surface area contributed by atoms with Gasteiger partial charge < -0.3 is 4.74 Å². The Kier molecular flexibility index (Phi) is 7.13. The van der Waals surface area contributed by atoms with Gasteiger partial charge in [-0.1, -0.05) is 35.5 Å².